The molecule has 1 heterocycles. The Morgan fingerprint density at radius 3 is 1.87 bits per heavy atom. The van der Waals surface area contributed by atoms with Gasteiger partial charge in [-0.15, -0.1) is 0 Å². The van der Waals surface area contributed by atoms with Gasteiger partial charge in [0.25, 0.3) is 0 Å². The molecule has 0 fully saturated rings. The van der Waals surface area contributed by atoms with Crippen molar-refractivity contribution in [3.8, 4) is 0 Å². The summed E-state index contributed by atoms with van der Waals surface area (Å²) in [4.78, 5) is 15.3. The van der Waals surface area contributed by atoms with Crippen molar-refractivity contribution in [3.63, 3.8) is 0 Å². The normalized spacial score (nSPS) is 12.3. The minimum absolute atomic E-state index is 0.172. The summed E-state index contributed by atoms with van der Waals surface area (Å²) in [6.45, 7) is 3.34. The summed E-state index contributed by atoms with van der Waals surface area (Å²) in [6, 6.07) is 1.55. The van der Waals surface area contributed by atoms with Crippen LogP contribution in [0.4, 0.5) is 5.82 Å². The van der Waals surface area contributed by atoms with E-state index in [1.165, 1.54) is 101 Å². The smallest absolute Gasteiger partial charge is 0.349 e. The van der Waals surface area contributed by atoms with Gasteiger partial charge in [0.05, 0.1) is 19.3 Å². The topological polar surface area (TPSA) is 90.4 Å². The molecular formula is C25H47N3O3. The second-order valence-corrected chi connectivity index (χ2v) is 8.82. The molecule has 1 unspecified atom stereocenters. The van der Waals surface area contributed by atoms with Gasteiger partial charge >= 0.3 is 5.69 Å². The summed E-state index contributed by atoms with van der Waals surface area (Å²) in [5.74, 6) is 0.190. The molecule has 1 atom stereocenters. The lowest BCUT2D eigenvalue weighted by atomic mass is 10.0. The maximum Gasteiger partial charge on any atom is 0.349 e. The standard InChI is InChI=1S/C25H47N3O3/c1-2-3-4-5-6-7-8-9-10-11-12-13-14-15-16-17-20-31-22-23(29)21-28-19-18-24(26)27-25(28)30/h18-19,23,29H,2-17,20-22H2,1H3,(H2,26,27,30). The largest absolute Gasteiger partial charge is 0.389 e. The molecule has 3 N–H and O–H groups in total. The molecule has 0 aliphatic heterocycles. The van der Waals surface area contributed by atoms with E-state index in [0.29, 0.717) is 6.61 Å². The van der Waals surface area contributed by atoms with Crippen molar-refractivity contribution in [2.24, 2.45) is 0 Å². The van der Waals surface area contributed by atoms with Gasteiger partial charge in [-0.25, -0.2) is 4.79 Å². The molecule has 0 aliphatic carbocycles. The van der Waals surface area contributed by atoms with Gasteiger partial charge in [-0.1, -0.05) is 103 Å². The van der Waals surface area contributed by atoms with Crippen LogP contribution in [0.15, 0.2) is 17.1 Å². The Morgan fingerprint density at radius 1 is 0.903 bits per heavy atom. The lowest BCUT2D eigenvalue weighted by Crippen LogP contribution is -2.30. The Bertz CT molecular complexity index is 592. The van der Waals surface area contributed by atoms with Gasteiger partial charge in [0, 0.05) is 12.8 Å². The van der Waals surface area contributed by atoms with E-state index in [4.69, 9.17) is 10.5 Å². The van der Waals surface area contributed by atoms with Crippen molar-refractivity contribution < 1.29 is 9.84 Å². The van der Waals surface area contributed by atoms with Crippen LogP contribution in [0.3, 0.4) is 0 Å². The van der Waals surface area contributed by atoms with Gasteiger partial charge in [0.1, 0.15) is 5.82 Å². The van der Waals surface area contributed by atoms with Crippen LogP contribution in [0.25, 0.3) is 0 Å². The van der Waals surface area contributed by atoms with Crippen LogP contribution in [0.2, 0.25) is 0 Å². The fourth-order valence-corrected chi connectivity index (χ4v) is 3.83. The van der Waals surface area contributed by atoms with Gasteiger partial charge in [-0.05, 0) is 12.5 Å². The second kappa shape index (κ2) is 19.3. The van der Waals surface area contributed by atoms with Gasteiger partial charge in [-0.3, -0.25) is 4.57 Å². The third kappa shape index (κ3) is 16.0. The summed E-state index contributed by atoms with van der Waals surface area (Å²) in [6.07, 6.45) is 22.4. The van der Waals surface area contributed by atoms with Crippen LogP contribution in [-0.2, 0) is 11.3 Å². The van der Waals surface area contributed by atoms with E-state index < -0.39 is 11.8 Å². The third-order valence-electron chi connectivity index (χ3n) is 5.76. The molecule has 6 nitrogen and oxygen atoms in total. The molecule has 0 saturated carbocycles. The highest BCUT2D eigenvalue weighted by Gasteiger charge is 2.07. The predicted molar refractivity (Wildman–Crippen MR) is 129 cm³/mol. The number of unbranched alkanes of at least 4 members (excludes halogenated alkanes) is 15. The molecule has 6 heteroatoms. The number of aromatic nitrogens is 2. The van der Waals surface area contributed by atoms with Crippen LogP contribution in [0, 0.1) is 0 Å². The van der Waals surface area contributed by atoms with E-state index in [9.17, 15) is 9.90 Å². The van der Waals surface area contributed by atoms with E-state index in [1.807, 2.05) is 0 Å². The molecule has 0 saturated heterocycles. The molecule has 0 aromatic carbocycles. The molecule has 0 aliphatic rings. The highest BCUT2D eigenvalue weighted by molar-refractivity contribution is 5.23. The van der Waals surface area contributed by atoms with Crippen molar-refractivity contribution in [2.45, 2.75) is 122 Å². The molecule has 180 valence electrons. The SMILES string of the molecule is CCCCCCCCCCCCCCCCCCOCC(O)Cn1ccc(N)nc1=O. The number of hydrogen-bond acceptors (Lipinski definition) is 5. The number of ether oxygens (including phenoxy) is 1. The Kier molecular flexibility index (Phi) is 17.2. The zero-order valence-corrected chi connectivity index (χ0v) is 19.9. The first-order valence-corrected chi connectivity index (χ1v) is 12.7. The van der Waals surface area contributed by atoms with Crippen molar-refractivity contribution in [3.05, 3.63) is 22.7 Å². The lowest BCUT2D eigenvalue weighted by molar-refractivity contribution is 0.0260. The lowest BCUT2D eigenvalue weighted by Gasteiger charge is -2.12. The molecule has 0 spiro atoms. The number of anilines is 1. The van der Waals surface area contributed by atoms with E-state index >= 15 is 0 Å². The Hall–Kier alpha value is -1.40. The number of nitrogen functional groups attached to an aromatic ring is 1. The molecule has 0 bridgehead atoms. The molecule has 0 radical (unpaired) electrons. The Labute approximate surface area is 189 Å². The van der Waals surface area contributed by atoms with Crippen LogP contribution in [0.1, 0.15) is 110 Å². The maximum absolute atomic E-state index is 11.6. The van der Waals surface area contributed by atoms with E-state index in [0.717, 1.165) is 6.42 Å². The number of aliphatic hydroxyl groups excluding tert-OH is 1. The quantitative estimate of drug-likeness (QED) is 0.249. The summed E-state index contributed by atoms with van der Waals surface area (Å²) in [5, 5.41) is 9.99. The third-order valence-corrected chi connectivity index (χ3v) is 5.76. The van der Waals surface area contributed by atoms with E-state index in [2.05, 4.69) is 11.9 Å². The Balaban J connectivity index is 1.81. The number of nitrogens with two attached hydrogens (primary N) is 1. The molecule has 1 rings (SSSR count). The summed E-state index contributed by atoms with van der Waals surface area (Å²) in [5.41, 5.74) is 5.01. The maximum atomic E-state index is 11.6. The van der Waals surface area contributed by atoms with Crippen molar-refractivity contribution in [1.82, 2.24) is 9.55 Å². The van der Waals surface area contributed by atoms with Crippen molar-refractivity contribution >= 4 is 5.82 Å². The average Bonchev–Trinajstić information content (AvgIpc) is 2.75. The van der Waals surface area contributed by atoms with E-state index in [-0.39, 0.29) is 19.0 Å². The fraction of sp³-hybridized carbons (Fsp3) is 0.840. The summed E-state index contributed by atoms with van der Waals surface area (Å²) in [7, 11) is 0. The first-order valence-electron chi connectivity index (χ1n) is 12.7. The highest BCUT2D eigenvalue weighted by Crippen LogP contribution is 2.13. The molecule has 1 aromatic heterocycles. The van der Waals surface area contributed by atoms with E-state index in [1.54, 1.807) is 12.3 Å². The minimum Gasteiger partial charge on any atom is -0.389 e. The molecular weight excluding hydrogens is 390 g/mol. The fourth-order valence-electron chi connectivity index (χ4n) is 3.83. The van der Waals surface area contributed by atoms with Crippen LogP contribution >= 0.6 is 0 Å². The van der Waals surface area contributed by atoms with Gasteiger partial charge in [0.2, 0.25) is 0 Å². The van der Waals surface area contributed by atoms with Crippen LogP contribution < -0.4 is 11.4 Å². The molecule has 1 aromatic rings. The first kappa shape index (κ1) is 27.6. The zero-order valence-electron chi connectivity index (χ0n) is 19.9. The number of hydrogen-bond donors (Lipinski definition) is 2. The molecule has 0 amide bonds. The summed E-state index contributed by atoms with van der Waals surface area (Å²) >= 11 is 0. The molecule has 31 heavy (non-hydrogen) atoms. The monoisotopic (exact) mass is 437 g/mol. The highest BCUT2D eigenvalue weighted by atomic mass is 16.5. The summed E-state index contributed by atoms with van der Waals surface area (Å²) < 4.78 is 6.89. The van der Waals surface area contributed by atoms with Gasteiger partial charge in [-0.2, -0.15) is 4.98 Å². The van der Waals surface area contributed by atoms with Crippen LogP contribution in [0.5, 0.6) is 0 Å². The van der Waals surface area contributed by atoms with Crippen molar-refractivity contribution in [1.29, 1.82) is 0 Å². The van der Waals surface area contributed by atoms with Gasteiger partial charge in [0.15, 0.2) is 0 Å². The predicted octanol–water partition coefficient (Wildman–Crippen LogP) is 5.46. The second-order valence-electron chi connectivity index (χ2n) is 8.82. The minimum atomic E-state index is -0.718. The van der Waals surface area contributed by atoms with Crippen molar-refractivity contribution in [2.75, 3.05) is 18.9 Å². The van der Waals surface area contributed by atoms with Crippen LogP contribution in [-0.4, -0.2) is 34.0 Å². The number of nitrogens with zero attached hydrogens (tertiary/aromatic N) is 2. The number of rotatable bonds is 21. The first-order chi connectivity index (χ1) is 15.1. The number of aliphatic hydroxyl groups is 1. The Morgan fingerprint density at radius 2 is 1.39 bits per heavy atom. The zero-order chi connectivity index (χ0) is 22.6. The average molecular weight is 438 g/mol. The van der Waals surface area contributed by atoms with Gasteiger partial charge < -0.3 is 15.6 Å².